The third-order valence-electron chi connectivity index (χ3n) is 3.46. The van der Waals surface area contributed by atoms with E-state index in [1.807, 2.05) is 0 Å². The third kappa shape index (κ3) is 2.88. The lowest BCUT2D eigenvalue weighted by Crippen LogP contribution is -2.32. The van der Waals surface area contributed by atoms with Crippen molar-refractivity contribution in [1.82, 2.24) is 5.32 Å². The van der Waals surface area contributed by atoms with Crippen LogP contribution in [0.3, 0.4) is 0 Å². The Morgan fingerprint density at radius 3 is 2.28 bits per heavy atom. The first-order valence-corrected chi connectivity index (χ1v) is 6.27. The molecule has 3 N–H and O–H groups in total. The second kappa shape index (κ2) is 5.21. The Balaban J connectivity index is 1.98. The number of benzene rings is 1. The monoisotopic (exact) mass is 246 g/mol. The van der Waals surface area contributed by atoms with E-state index >= 15 is 0 Å². The molecule has 1 fully saturated rings. The van der Waals surface area contributed by atoms with E-state index in [-0.39, 0.29) is 11.9 Å². The van der Waals surface area contributed by atoms with Crippen LogP contribution in [-0.4, -0.2) is 17.9 Å². The van der Waals surface area contributed by atoms with Gasteiger partial charge >= 0.3 is 0 Å². The highest BCUT2D eigenvalue weighted by Gasteiger charge is 2.23. The minimum Gasteiger partial charge on any atom is -0.366 e. The number of primary amides is 1. The number of nitrogens with one attached hydrogen (secondary N) is 1. The molecule has 0 saturated heterocycles. The molecule has 96 valence electrons. The van der Waals surface area contributed by atoms with E-state index in [0.717, 1.165) is 12.8 Å². The van der Waals surface area contributed by atoms with Gasteiger partial charge in [-0.25, -0.2) is 0 Å². The third-order valence-corrected chi connectivity index (χ3v) is 3.46. The Bertz CT molecular complexity index is 453. The molecular weight excluding hydrogens is 228 g/mol. The lowest BCUT2D eigenvalue weighted by molar-refractivity contribution is 0.0935. The maximum atomic E-state index is 12.0. The maximum Gasteiger partial charge on any atom is 0.251 e. The van der Waals surface area contributed by atoms with Gasteiger partial charge in [0.25, 0.3) is 5.91 Å². The number of hydrogen-bond donors (Lipinski definition) is 2. The Hall–Kier alpha value is -1.84. The molecule has 0 radical (unpaired) electrons. The standard InChI is InChI=1S/C14H18N2O2/c1-9-2-7-12(8-9)16-14(18)11-5-3-10(4-6-11)13(15)17/h3-6,9,12H,2,7-8H2,1H3,(H2,15,17)(H,16,18). The molecular formula is C14H18N2O2. The predicted molar refractivity (Wildman–Crippen MR) is 69.2 cm³/mol. The van der Waals surface area contributed by atoms with Crippen molar-refractivity contribution in [3.63, 3.8) is 0 Å². The van der Waals surface area contributed by atoms with Crippen LogP contribution < -0.4 is 11.1 Å². The van der Waals surface area contributed by atoms with Crippen molar-refractivity contribution in [3.05, 3.63) is 35.4 Å². The van der Waals surface area contributed by atoms with E-state index in [0.29, 0.717) is 17.0 Å². The normalized spacial score (nSPS) is 22.7. The highest BCUT2D eigenvalue weighted by Crippen LogP contribution is 2.24. The molecule has 0 spiro atoms. The van der Waals surface area contributed by atoms with Gasteiger partial charge in [-0.3, -0.25) is 9.59 Å². The summed E-state index contributed by atoms with van der Waals surface area (Å²) in [6.07, 6.45) is 3.27. The molecule has 1 saturated carbocycles. The highest BCUT2D eigenvalue weighted by atomic mass is 16.2. The van der Waals surface area contributed by atoms with Crippen LogP contribution in [0.25, 0.3) is 0 Å². The van der Waals surface area contributed by atoms with Crippen molar-refractivity contribution in [2.75, 3.05) is 0 Å². The van der Waals surface area contributed by atoms with Gasteiger partial charge in [0.15, 0.2) is 0 Å². The van der Waals surface area contributed by atoms with Crippen molar-refractivity contribution in [2.45, 2.75) is 32.2 Å². The quantitative estimate of drug-likeness (QED) is 0.852. The maximum absolute atomic E-state index is 12.0. The summed E-state index contributed by atoms with van der Waals surface area (Å²) >= 11 is 0. The van der Waals surface area contributed by atoms with E-state index in [9.17, 15) is 9.59 Å². The number of amides is 2. The van der Waals surface area contributed by atoms with E-state index in [4.69, 9.17) is 5.73 Å². The molecule has 2 rings (SSSR count). The Morgan fingerprint density at radius 1 is 1.17 bits per heavy atom. The fourth-order valence-corrected chi connectivity index (χ4v) is 2.39. The topological polar surface area (TPSA) is 72.2 Å². The van der Waals surface area contributed by atoms with E-state index in [1.54, 1.807) is 24.3 Å². The van der Waals surface area contributed by atoms with Gasteiger partial charge in [0, 0.05) is 17.2 Å². The molecule has 0 aliphatic heterocycles. The number of carbonyl (C=O) groups excluding carboxylic acids is 2. The van der Waals surface area contributed by atoms with Crippen LogP contribution in [0, 0.1) is 5.92 Å². The fourth-order valence-electron chi connectivity index (χ4n) is 2.39. The number of carbonyl (C=O) groups is 2. The average Bonchev–Trinajstić information content (AvgIpc) is 2.75. The van der Waals surface area contributed by atoms with E-state index < -0.39 is 5.91 Å². The van der Waals surface area contributed by atoms with Crippen LogP contribution in [-0.2, 0) is 0 Å². The summed E-state index contributed by atoms with van der Waals surface area (Å²) in [5.74, 6) is 0.129. The molecule has 0 heterocycles. The van der Waals surface area contributed by atoms with Crippen molar-refractivity contribution in [1.29, 1.82) is 0 Å². The summed E-state index contributed by atoms with van der Waals surface area (Å²) in [7, 11) is 0. The SMILES string of the molecule is CC1CCC(NC(=O)c2ccc(C(N)=O)cc2)C1. The first kappa shape index (κ1) is 12.6. The lowest BCUT2D eigenvalue weighted by Gasteiger charge is -2.12. The smallest absolute Gasteiger partial charge is 0.251 e. The van der Waals surface area contributed by atoms with E-state index in [2.05, 4.69) is 12.2 Å². The molecule has 18 heavy (non-hydrogen) atoms. The van der Waals surface area contributed by atoms with Crippen LogP contribution in [0.4, 0.5) is 0 Å². The lowest BCUT2D eigenvalue weighted by atomic mass is 10.1. The summed E-state index contributed by atoms with van der Waals surface area (Å²) in [6.45, 7) is 2.20. The Labute approximate surface area is 107 Å². The molecule has 1 aromatic rings. The van der Waals surface area contributed by atoms with Crippen LogP contribution in [0.2, 0.25) is 0 Å². The highest BCUT2D eigenvalue weighted by molar-refractivity contribution is 5.97. The molecule has 0 aromatic heterocycles. The van der Waals surface area contributed by atoms with Crippen molar-refractivity contribution in [3.8, 4) is 0 Å². The van der Waals surface area contributed by atoms with Crippen molar-refractivity contribution in [2.24, 2.45) is 11.7 Å². The summed E-state index contributed by atoms with van der Waals surface area (Å²) in [6, 6.07) is 6.70. The Kier molecular flexibility index (Phi) is 3.65. The second-order valence-electron chi connectivity index (χ2n) is 5.03. The first-order chi connectivity index (χ1) is 8.56. The molecule has 2 atom stereocenters. The predicted octanol–water partition coefficient (Wildman–Crippen LogP) is 1.70. The molecule has 4 nitrogen and oxygen atoms in total. The number of rotatable bonds is 3. The van der Waals surface area contributed by atoms with Gasteiger partial charge in [-0.2, -0.15) is 0 Å². The zero-order valence-electron chi connectivity index (χ0n) is 10.5. The van der Waals surface area contributed by atoms with Crippen molar-refractivity contribution < 1.29 is 9.59 Å². The molecule has 2 amide bonds. The molecule has 1 aromatic carbocycles. The van der Waals surface area contributed by atoms with Gasteiger partial charge in [-0.15, -0.1) is 0 Å². The fraction of sp³-hybridized carbons (Fsp3) is 0.429. The van der Waals surface area contributed by atoms with Crippen molar-refractivity contribution >= 4 is 11.8 Å². The van der Waals surface area contributed by atoms with Gasteiger partial charge in [0.2, 0.25) is 5.91 Å². The molecule has 2 unspecified atom stereocenters. The molecule has 4 heteroatoms. The number of nitrogens with two attached hydrogens (primary N) is 1. The van der Waals surface area contributed by atoms with Gasteiger partial charge in [-0.1, -0.05) is 6.92 Å². The van der Waals surface area contributed by atoms with Gasteiger partial charge in [0.1, 0.15) is 0 Å². The van der Waals surface area contributed by atoms with Crippen LogP contribution in [0.5, 0.6) is 0 Å². The zero-order chi connectivity index (χ0) is 13.1. The second-order valence-corrected chi connectivity index (χ2v) is 5.03. The van der Waals surface area contributed by atoms with Crippen LogP contribution in [0.15, 0.2) is 24.3 Å². The summed E-state index contributed by atoms with van der Waals surface area (Å²) < 4.78 is 0. The first-order valence-electron chi connectivity index (χ1n) is 6.27. The molecule has 1 aliphatic rings. The van der Waals surface area contributed by atoms with Crippen LogP contribution >= 0.6 is 0 Å². The van der Waals surface area contributed by atoms with Gasteiger partial charge in [-0.05, 0) is 49.4 Å². The van der Waals surface area contributed by atoms with E-state index in [1.165, 1.54) is 6.42 Å². The molecule has 1 aliphatic carbocycles. The molecule has 0 bridgehead atoms. The summed E-state index contributed by atoms with van der Waals surface area (Å²) in [4.78, 5) is 22.9. The largest absolute Gasteiger partial charge is 0.366 e. The van der Waals surface area contributed by atoms with Gasteiger partial charge in [0.05, 0.1) is 0 Å². The average molecular weight is 246 g/mol. The Morgan fingerprint density at radius 2 is 1.78 bits per heavy atom. The summed E-state index contributed by atoms with van der Waals surface area (Å²) in [5.41, 5.74) is 6.13. The minimum absolute atomic E-state index is 0.0786. The van der Waals surface area contributed by atoms with Crippen LogP contribution in [0.1, 0.15) is 46.9 Å². The van der Waals surface area contributed by atoms with Gasteiger partial charge < -0.3 is 11.1 Å². The zero-order valence-corrected chi connectivity index (χ0v) is 10.5. The summed E-state index contributed by atoms with van der Waals surface area (Å²) in [5, 5.41) is 3.02. The number of hydrogen-bond acceptors (Lipinski definition) is 2. The minimum atomic E-state index is -0.480.